The summed E-state index contributed by atoms with van der Waals surface area (Å²) in [6.45, 7) is 3.93. The summed E-state index contributed by atoms with van der Waals surface area (Å²) in [5, 5.41) is 8.93. The lowest BCUT2D eigenvalue weighted by atomic mass is 10.2. The van der Waals surface area contributed by atoms with E-state index in [1.807, 2.05) is 7.05 Å². The molecule has 0 aromatic heterocycles. The van der Waals surface area contributed by atoms with E-state index in [9.17, 15) is 0 Å². The Morgan fingerprint density at radius 3 is 2.50 bits per heavy atom. The minimum absolute atomic E-state index is 0.141. The molecule has 3 nitrogen and oxygen atoms in total. The average molecular weight is 174 g/mol. The Kier molecular flexibility index (Phi) is 7.45. The second kappa shape index (κ2) is 7.53. The Bertz CT molecular complexity index is 94.5. The van der Waals surface area contributed by atoms with E-state index < -0.39 is 0 Å². The smallest absolute Gasteiger partial charge is 0.0599 e. The first-order valence-corrected chi connectivity index (χ1v) is 4.77. The molecule has 3 N–H and O–H groups in total. The predicted molar refractivity (Wildman–Crippen MR) is 52.1 cm³/mol. The summed E-state index contributed by atoms with van der Waals surface area (Å²) in [6, 6.07) is 0.141. The van der Waals surface area contributed by atoms with Crippen LogP contribution in [0.5, 0.6) is 0 Å². The third-order valence-corrected chi connectivity index (χ3v) is 2.22. The van der Waals surface area contributed by atoms with E-state index in [0.29, 0.717) is 6.54 Å². The molecular weight excluding hydrogens is 152 g/mol. The zero-order chi connectivity index (χ0) is 9.40. The van der Waals surface area contributed by atoms with E-state index in [-0.39, 0.29) is 12.6 Å². The van der Waals surface area contributed by atoms with E-state index in [1.54, 1.807) is 0 Å². The molecule has 0 amide bonds. The van der Waals surface area contributed by atoms with Gasteiger partial charge in [0, 0.05) is 12.6 Å². The number of aliphatic hydroxyl groups excluding tert-OH is 1. The molecule has 0 aliphatic rings. The molecule has 74 valence electrons. The zero-order valence-corrected chi connectivity index (χ0v) is 8.29. The van der Waals surface area contributed by atoms with Gasteiger partial charge in [-0.3, -0.25) is 4.90 Å². The van der Waals surface area contributed by atoms with Crippen LogP contribution in [0.1, 0.15) is 26.2 Å². The highest BCUT2D eigenvalue weighted by molar-refractivity contribution is 4.67. The Morgan fingerprint density at radius 1 is 1.42 bits per heavy atom. The van der Waals surface area contributed by atoms with Gasteiger partial charge in [0.1, 0.15) is 0 Å². The molecule has 0 radical (unpaired) electrons. The summed E-state index contributed by atoms with van der Waals surface area (Å²) in [4.78, 5) is 2.13. The number of nitrogens with two attached hydrogens (primary N) is 1. The lowest BCUT2D eigenvalue weighted by molar-refractivity contribution is 0.150. The Labute approximate surface area is 75.6 Å². The summed E-state index contributed by atoms with van der Waals surface area (Å²) in [5.41, 5.74) is 5.49. The summed E-state index contributed by atoms with van der Waals surface area (Å²) in [5.74, 6) is 0. The number of rotatable bonds is 7. The molecule has 0 aromatic rings. The largest absolute Gasteiger partial charge is 0.395 e. The van der Waals surface area contributed by atoms with Crippen molar-refractivity contribution in [3.05, 3.63) is 0 Å². The van der Waals surface area contributed by atoms with Gasteiger partial charge < -0.3 is 10.8 Å². The first-order chi connectivity index (χ1) is 5.76. The molecule has 0 saturated carbocycles. The van der Waals surface area contributed by atoms with E-state index in [2.05, 4.69) is 11.8 Å². The van der Waals surface area contributed by atoms with Gasteiger partial charge in [0.2, 0.25) is 0 Å². The normalized spacial score (nSPS) is 13.8. The number of unbranched alkanes of at least 4 members (excludes halogenated alkanes) is 2. The molecular formula is C9H22N2O. The Hall–Kier alpha value is -0.120. The number of hydrogen-bond acceptors (Lipinski definition) is 3. The van der Waals surface area contributed by atoms with Gasteiger partial charge in [-0.1, -0.05) is 19.8 Å². The van der Waals surface area contributed by atoms with Crippen molar-refractivity contribution in [2.24, 2.45) is 5.73 Å². The van der Waals surface area contributed by atoms with Crippen molar-refractivity contribution in [1.82, 2.24) is 4.90 Å². The Morgan fingerprint density at radius 2 is 2.08 bits per heavy atom. The van der Waals surface area contributed by atoms with Crippen molar-refractivity contribution in [1.29, 1.82) is 0 Å². The number of nitrogens with zero attached hydrogens (tertiary/aromatic N) is 1. The molecule has 1 atom stereocenters. The summed E-state index contributed by atoms with van der Waals surface area (Å²) < 4.78 is 0. The summed E-state index contributed by atoms with van der Waals surface area (Å²) in [7, 11) is 2.02. The molecule has 0 aromatic carbocycles. The van der Waals surface area contributed by atoms with Gasteiger partial charge >= 0.3 is 0 Å². The first-order valence-electron chi connectivity index (χ1n) is 4.77. The molecule has 0 heterocycles. The van der Waals surface area contributed by atoms with E-state index in [0.717, 1.165) is 6.54 Å². The minimum atomic E-state index is 0.141. The van der Waals surface area contributed by atoms with Gasteiger partial charge in [0.15, 0.2) is 0 Å². The standard InChI is InChI=1S/C9H22N2O/c1-3-4-5-6-11(2)9(7-10)8-12/h9,12H,3-8,10H2,1-2H3. The molecule has 1 unspecified atom stereocenters. The molecule has 0 fully saturated rings. The molecule has 3 heteroatoms. The molecule has 0 spiro atoms. The van der Waals surface area contributed by atoms with Gasteiger partial charge in [-0.2, -0.15) is 0 Å². The second-order valence-corrected chi connectivity index (χ2v) is 3.26. The van der Waals surface area contributed by atoms with E-state index in [4.69, 9.17) is 10.8 Å². The quantitative estimate of drug-likeness (QED) is 0.550. The van der Waals surface area contributed by atoms with Crippen LogP contribution in [0.2, 0.25) is 0 Å². The molecule has 0 aliphatic carbocycles. The van der Waals surface area contributed by atoms with Crippen LogP contribution in [0, 0.1) is 0 Å². The number of likely N-dealkylation sites (N-methyl/N-ethyl adjacent to an activating group) is 1. The lowest BCUT2D eigenvalue weighted by Gasteiger charge is -2.24. The van der Waals surface area contributed by atoms with Crippen LogP contribution in [0.25, 0.3) is 0 Å². The highest BCUT2D eigenvalue weighted by Gasteiger charge is 2.09. The minimum Gasteiger partial charge on any atom is -0.395 e. The maximum atomic E-state index is 8.93. The molecule has 0 aliphatic heterocycles. The monoisotopic (exact) mass is 174 g/mol. The highest BCUT2D eigenvalue weighted by Crippen LogP contribution is 1.99. The van der Waals surface area contributed by atoms with Gasteiger partial charge in [0.05, 0.1) is 6.61 Å². The SMILES string of the molecule is CCCCCN(C)C(CN)CO. The van der Waals surface area contributed by atoms with Crippen molar-refractivity contribution < 1.29 is 5.11 Å². The van der Waals surface area contributed by atoms with Crippen LogP contribution >= 0.6 is 0 Å². The van der Waals surface area contributed by atoms with Crippen molar-refractivity contribution in [3.63, 3.8) is 0 Å². The highest BCUT2D eigenvalue weighted by atomic mass is 16.3. The predicted octanol–water partition coefficient (Wildman–Crippen LogP) is 0.428. The topological polar surface area (TPSA) is 49.5 Å². The maximum Gasteiger partial charge on any atom is 0.0599 e. The zero-order valence-electron chi connectivity index (χ0n) is 8.29. The van der Waals surface area contributed by atoms with Gasteiger partial charge in [-0.25, -0.2) is 0 Å². The molecule has 0 saturated heterocycles. The summed E-state index contributed by atoms with van der Waals surface area (Å²) >= 11 is 0. The van der Waals surface area contributed by atoms with Crippen LogP contribution in [0.3, 0.4) is 0 Å². The van der Waals surface area contributed by atoms with Crippen LogP contribution in [-0.4, -0.2) is 42.8 Å². The fourth-order valence-electron chi connectivity index (χ4n) is 1.19. The molecule has 12 heavy (non-hydrogen) atoms. The number of hydrogen-bond donors (Lipinski definition) is 2. The molecule has 0 rings (SSSR count). The third-order valence-electron chi connectivity index (χ3n) is 2.22. The maximum absolute atomic E-state index is 8.93. The van der Waals surface area contributed by atoms with Crippen LogP contribution < -0.4 is 5.73 Å². The lowest BCUT2D eigenvalue weighted by Crippen LogP contribution is -2.41. The first kappa shape index (κ1) is 11.9. The summed E-state index contributed by atoms with van der Waals surface area (Å²) in [6.07, 6.45) is 3.69. The Balaban J connectivity index is 3.47. The third kappa shape index (κ3) is 4.70. The van der Waals surface area contributed by atoms with Crippen molar-refractivity contribution in [3.8, 4) is 0 Å². The van der Waals surface area contributed by atoms with Crippen molar-refractivity contribution in [2.75, 3.05) is 26.7 Å². The fraction of sp³-hybridized carbons (Fsp3) is 1.00. The molecule has 0 bridgehead atoms. The fourth-order valence-corrected chi connectivity index (χ4v) is 1.19. The van der Waals surface area contributed by atoms with Crippen LogP contribution in [-0.2, 0) is 0 Å². The van der Waals surface area contributed by atoms with Gasteiger partial charge in [-0.05, 0) is 20.0 Å². The van der Waals surface area contributed by atoms with Crippen LogP contribution in [0.15, 0.2) is 0 Å². The number of aliphatic hydroxyl groups is 1. The van der Waals surface area contributed by atoms with E-state index >= 15 is 0 Å². The van der Waals surface area contributed by atoms with Crippen molar-refractivity contribution in [2.45, 2.75) is 32.2 Å². The second-order valence-electron chi connectivity index (χ2n) is 3.26. The van der Waals surface area contributed by atoms with E-state index in [1.165, 1.54) is 19.3 Å². The average Bonchev–Trinajstić information content (AvgIpc) is 2.07. The van der Waals surface area contributed by atoms with Crippen LogP contribution in [0.4, 0.5) is 0 Å². The van der Waals surface area contributed by atoms with Gasteiger partial charge in [-0.15, -0.1) is 0 Å². The van der Waals surface area contributed by atoms with Crippen molar-refractivity contribution >= 4 is 0 Å². The van der Waals surface area contributed by atoms with Gasteiger partial charge in [0.25, 0.3) is 0 Å².